The predicted octanol–water partition coefficient (Wildman–Crippen LogP) is 11.5. The molecule has 0 fully saturated rings. The van der Waals surface area contributed by atoms with Crippen molar-refractivity contribution in [3.05, 3.63) is 176 Å². The number of benzene rings is 7. The first-order valence-corrected chi connectivity index (χ1v) is 19.7. The van der Waals surface area contributed by atoms with E-state index in [0.717, 1.165) is 60.2 Å². The molecule has 266 valence electrons. The van der Waals surface area contributed by atoms with Crippen LogP contribution in [0, 0.1) is 0 Å². The smallest absolute Gasteiger partial charge is 0.326 e. The molecule has 8 nitrogen and oxygen atoms in total. The number of anilines is 3. The van der Waals surface area contributed by atoms with Gasteiger partial charge in [0.15, 0.2) is 17.4 Å². The molecule has 0 aliphatic carbocycles. The molecule has 0 saturated heterocycles. The maximum absolute atomic E-state index is 11.7. The Labute approximate surface area is 322 Å². The lowest BCUT2D eigenvalue weighted by atomic mass is 10.0. The highest BCUT2D eigenvalue weighted by atomic mass is 32.2. The van der Waals surface area contributed by atoms with Crippen LogP contribution >= 0.6 is 11.8 Å². The lowest BCUT2D eigenvalue weighted by Gasteiger charge is -2.34. The monoisotopic (exact) mass is 754 g/mol. The molecular weight excluding hydrogens is 725 g/mol. The highest BCUT2D eigenvalue weighted by molar-refractivity contribution is 7.99. The van der Waals surface area contributed by atoms with Crippen molar-refractivity contribution < 1.29 is 17.7 Å². The molecule has 0 unspecified atom stereocenters. The summed E-state index contributed by atoms with van der Waals surface area (Å²) in [5.74, 6) is 1.54. The van der Waals surface area contributed by atoms with Gasteiger partial charge in [-0.2, -0.15) is 18.4 Å². The molecule has 1 aliphatic heterocycles. The molecular formula is C45H30N4O4S2. The van der Waals surface area contributed by atoms with Gasteiger partial charge in [-0.25, -0.2) is 4.98 Å². The quantitative estimate of drug-likeness (QED) is 0.152. The first kappa shape index (κ1) is 34.2. The molecule has 9 rings (SSSR count). The van der Waals surface area contributed by atoms with Gasteiger partial charge in [-0.05, 0) is 70.8 Å². The Morgan fingerprint density at radius 1 is 0.473 bits per heavy atom. The number of hydrogen-bond acceptors (Lipinski definition) is 8. The third-order valence-electron chi connectivity index (χ3n) is 9.20. The second kappa shape index (κ2) is 14.3. The van der Waals surface area contributed by atoms with Gasteiger partial charge in [0.05, 0.1) is 22.0 Å². The Hall–Kier alpha value is -6.59. The number of fused-ring (bicyclic) bond motifs is 2. The van der Waals surface area contributed by atoms with Crippen LogP contribution in [-0.2, 0) is 10.1 Å². The molecule has 1 N–H and O–H groups in total. The van der Waals surface area contributed by atoms with E-state index in [1.54, 1.807) is 23.9 Å². The lowest BCUT2D eigenvalue weighted by molar-refractivity contribution is 0.442. The van der Waals surface area contributed by atoms with Crippen molar-refractivity contribution in [1.29, 1.82) is 0 Å². The van der Waals surface area contributed by atoms with Gasteiger partial charge in [-0.3, -0.25) is 4.55 Å². The summed E-state index contributed by atoms with van der Waals surface area (Å²) < 4.78 is 39.6. The Morgan fingerprint density at radius 2 is 0.927 bits per heavy atom. The molecule has 10 heteroatoms. The Morgan fingerprint density at radius 3 is 1.45 bits per heavy atom. The van der Waals surface area contributed by atoms with E-state index in [4.69, 9.17) is 19.7 Å². The summed E-state index contributed by atoms with van der Waals surface area (Å²) in [5.41, 5.74) is 8.28. The van der Waals surface area contributed by atoms with Gasteiger partial charge >= 0.3 is 6.01 Å². The van der Waals surface area contributed by atoms with E-state index in [2.05, 4.69) is 47.4 Å². The van der Waals surface area contributed by atoms with Crippen LogP contribution in [0.4, 0.5) is 17.1 Å². The maximum Gasteiger partial charge on any atom is 0.326 e. The summed E-state index contributed by atoms with van der Waals surface area (Å²) in [7, 11) is -4.31. The van der Waals surface area contributed by atoms with Crippen LogP contribution in [0.15, 0.2) is 191 Å². The van der Waals surface area contributed by atoms with Crippen molar-refractivity contribution in [3.63, 3.8) is 0 Å². The number of para-hydroxylation sites is 2. The van der Waals surface area contributed by atoms with Crippen molar-refractivity contribution >= 4 is 38.9 Å². The largest absolute Gasteiger partial charge is 0.422 e. The van der Waals surface area contributed by atoms with Crippen LogP contribution in [0.5, 0.6) is 11.8 Å². The molecule has 0 bridgehead atoms. The van der Waals surface area contributed by atoms with Crippen LogP contribution in [-0.4, -0.2) is 27.9 Å². The van der Waals surface area contributed by atoms with Crippen LogP contribution in [0.25, 0.3) is 45.0 Å². The normalized spacial score (nSPS) is 12.1. The SMILES string of the molecule is O=S(=O)(O)c1ccc(-c2ccc3c(c2)Sc2cc(-c4ccccc4)ccc2N3c2ccccc2Oc2nc(-c3ccccc3)nc(-c3ccccc3)n2)cc1. The molecule has 0 spiro atoms. The number of hydrogen-bond donors (Lipinski definition) is 1. The van der Waals surface area contributed by atoms with Crippen molar-refractivity contribution in [3.8, 4) is 56.8 Å². The van der Waals surface area contributed by atoms with Crippen LogP contribution in [0.3, 0.4) is 0 Å². The fourth-order valence-electron chi connectivity index (χ4n) is 6.54. The first-order chi connectivity index (χ1) is 26.9. The maximum atomic E-state index is 11.7. The Bertz CT molecular complexity index is 2730. The van der Waals surface area contributed by atoms with Crippen LogP contribution in [0.2, 0.25) is 0 Å². The first-order valence-electron chi connectivity index (χ1n) is 17.4. The van der Waals surface area contributed by atoms with Crippen molar-refractivity contribution in [2.45, 2.75) is 14.7 Å². The van der Waals surface area contributed by atoms with Gasteiger partial charge in [0.2, 0.25) is 0 Å². The Balaban J connectivity index is 1.17. The second-order valence-electron chi connectivity index (χ2n) is 12.7. The number of ether oxygens (including phenoxy) is 1. The zero-order valence-electron chi connectivity index (χ0n) is 29.0. The number of aromatic nitrogens is 3. The van der Waals surface area contributed by atoms with E-state index in [9.17, 15) is 13.0 Å². The van der Waals surface area contributed by atoms with Gasteiger partial charge in [-0.15, -0.1) is 0 Å². The summed E-state index contributed by atoms with van der Waals surface area (Å²) in [5, 5.41) is 0. The molecule has 7 aromatic carbocycles. The molecule has 0 atom stereocenters. The van der Waals surface area contributed by atoms with E-state index in [-0.39, 0.29) is 10.9 Å². The molecule has 0 radical (unpaired) electrons. The van der Waals surface area contributed by atoms with E-state index >= 15 is 0 Å². The Kier molecular flexibility index (Phi) is 8.91. The average Bonchev–Trinajstić information content (AvgIpc) is 3.23. The fraction of sp³-hybridized carbons (Fsp3) is 0. The molecule has 0 amide bonds. The molecule has 8 aromatic rings. The van der Waals surface area contributed by atoms with Crippen LogP contribution < -0.4 is 9.64 Å². The zero-order valence-corrected chi connectivity index (χ0v) is 30.7. The van der Waals surface area contributed by atoms with E-state index in [1.807, 2.05) is 109 Å². The highest BCUT2D eigenvalue weighted by Crippen LogP contribution is 2.54. The fourth-order valence-corrected chi connectivity index (χ4v) is 8.16. The topological polar surface area (TPSA) is 106 Å². The van der Waals surface area contributed by atoms with Crippen molar-refractivity contribution in [2.75, 3.05) is 4.90 Å². The highest BCUT2D eigenvalue weighted by Gasteiger charge is 2.28. The van der Waals surface area contributed by atoms with E-state index in [0.29, 0.717) is 17.4 Å². The van der Waals surface area contributed by atoms with Gasteiger partial charge in [0.1, 0.15) is 0 Å². The summed E-state index contributed by atoms with van der Waals surface area (Å²) in [6.45, 7) is 0. The lowest BCUT2D eigenvalue weighted by Crippen LogP contribution is -2.16. The van der Waals surface area contributed by atoms with E-state index in [1.165, 1.54) is 12.1 Å². The minimum Gasteiger partial charge on any atom is -0.422 e. The predicted molar refractivity (Wildman–Crippen MR) is 217 cm³/mol. The van der Waals surface area contributed by atoms with Crippen molar-refractivity contribution in [2.24, 2.45) is 0 Å². The van der Waals surface area contributed by atoms with E-state index < -0.39 is 10.1 Å². The third-order valence-corrected chi connectivity index (χ3v) is 11.2. The number of nitrogens with zero attached hydrogens (tertiary/aromatic N) is 4. The second-order valence-corrected chi connectivity index (χ2v) is 15.2. The molecule has 1 aromatic heterocycles. The van der Waals surface area contributed by atoms with Gasteiger partial charge < -0.3 is 9.64 Å². The zero-order chi connectivity index (χ0) is 37.4. The molecule has 2 heterocycles. The summed E-state index contributed by atoms with van der Waals surface area (Å²) >= 11 is 1.66. The minimum atomic E-state index is -4.31. The van der Waals surface area contributed by atoms with Gasteiger partial charge in [0.25, 0.3) is 10.1 Å². The summed E-state index contributed by atoms with van der Waals surface area (Å²) in [6.07, 6.45) is 0. The van der Waals surface area contributed by atoms with Crippen molar-refractivity contribution in [1.82, 2.24) is 15.0 Å². The average molecular weight is 755 g/mol. The summed E-state index contributed by atoms with van der Waals surface area (Å²) in [4.78, 5) is 18.5. The summed E-state index contributed by atoms with van der Waals surface area (Å²) in [6, 6.07) is 56.6. The minimum absolute atomic E-state index is 0.154. The molecule has 0 saturated carbocycles. The molecule has 55 heavy (non-hydrogen) atoms. The number of rotatable bonds is 8. The standard InChI is InChI=1S/C45H30N4O4S2/c50-55(51,52)36-24-20-31(21-25-36)35-23-27-39-42(29-35)54-41-28-34(30-12-4-1-5-13-30)22-26-38(41)49(39)37-18-10-11-19-40(37)53-45-47-43(32-14-6-2-7-15-32)46-44(48-45)33-16-8-3-9-17-33/h1-29H,(H,50,51,52). The van der Waals surface area contributed by atoms with Gasteiger partial charge in [-0.1, -0.05) is 139 Å². The third kappa shape index (κ3) is 6.97. The molecule has 1 aliphatic rings. The van der Waals surface area contributed by atoms with Gasteiger partial charge in [0, 0.05) is 20.9 Å². The van der Waals surface area contributed by atoms with Crippen LogP contribution in [0.1, 0.15) is 0 Å².